The molecule has 0 aromatic carbocycles. The van der Waals surface area contributed by atoms with Crippen molar-refractivity contribution in [1.29, 1.82) is 0 Å². The van der Waals surface area contributed by atoms with E-state index in [1.807, 2.05) is 11.1 Å². The van der Waals surface area contributed by atoms with E-state index in [9.17, 15) is 0 Å². The molecule has 0 amide bonds. The second-order valence-corrected chi connectivity index (χ2v) is 3.83. The van der Waals surface area contributed by atoms with Gasteiger partial charge in [-0.1, -0.05) is 25.0 Å². The maximum atomic E-state index is 2.38. The van der Waals surface area contributed by atoms with Crippen LogP contribution in [-0.4, -0.2) is 0 Å². The Hall–Kier alpha value is -0.260. The Morgan fingerprint density at radius 2 is 1.30 bits per heavy atom. The molecular formula is C10H16. The molecule has 0 heterocycles. The van der Waals surface area contributed by atoms with Crippen LogP contribution in [0.2, 0.25) is 0 Å². The van der Waals surface area contributed by atoms with Gasteiger partial charge in [-0.2, -0.15) is 0 Å². The van der Waals surface area contributed by atoms with Crippen molar-refractivity contribution in [3.63, 3.8) is 0 Å². The summed E-state index contributed by atoms with van der Waals surface area (Å²) in [5.41, 5.74) is 3.64. The maximum absolute atomic E-state index is 2.38. The van der Waals surface area contributed by atoms with E-state index < -0.39 is 0 Å². The Morgan fingerprint density at radius 3 is 1.70 bits per heavy atom. The first kappa shape index (κ1) is 6.45. The van der Waals surface area contributed by atoms with Crippen LogP contribution in [0, 0.1) is 11.8 Å². The average molecular weight is 136 g/mol. The van der Waals surface area contributed by atoms with Crippen molar-refractivity contribution in [3.05, 3.63) is 11.1 Å². The summed E-state index contributed by atoms with van der Waals surface area (Å²) in [5, 5.41) is 0. The summed E-state index contributed by atoms with van der Waals surface area (Å²) in [6.07, 6.45) is 5.74. The highest BCUT2D eigenvalue weighted by Crippen LogP contribution is 2.47. The maximum Gasteiger partial charge on any atom is -0.0166 e. The number of hydrogen-bond donors (Lipinski definition) is 0. The van der Waals surface area contributed by atoms with Crippen LogP contribution in [0.5, 0.6) is 0 Å². The molecule has 0 radical (unpaired) electrons. The molecular weight excluding hydrogens is 120 g/mol. The highest BCUT2D eigenvalue weighted by atomic mass is 14.4. The summed E-state index contributed by atoms with van der Waals surface area (Å²) >= 11 is 0. The lowest BCUT2D eigenvalue weighted by atomic mass is 9.64. The van der Waals surface area contributed by atoms with Gasteiger partial charge in [0.1, 0.15) is 0 Å². The van der Waals surface area contributed by atoms with Crippen molar-refractivity contribution < 1.29 is 0 Å². The van der Waals surface area contributed by atoms with E-state index in [0.717, 1.165) is 11.8 Å². The lowest BCUT2D eigenvalue weighted by molar-refractivity contribution is 0.363. The molecule has 0 nitrogen and oxygen atoms in total. The predicted molar refractivity (Wildman–Crippen MR) is 43.8 cm³/mol. The van der Waals surface area contributed by atoms with Crippen molar-refractivity contribution in [2.24, 2.45) is 11.8 Å². The molecule has 2 aliphatic carbocycles. The summed E-state index contributed by atoms with van der Waals surface area (Å²) in [5.74, 6) is 1.85. The van der Waals surface area contributed by atoms with Crippen molar-refractivity contribution in [1.82, 2.24) is 0 Å². The van der Waals surface area contributed by atoms with E-state index in [0.29, 0.717) is 0 Å². The first-order valence-electron chi connectivity index (χ1n) is 4.52. The Bertz CT molecular complexity index is 156. The monoisotopic (exact) mass is 136 g/mol. The summed E-state index contributed by atoms with van der Waals surface area (Å²) in [7, 11) is 0. The molecule has 2 rings (SSSR count). The third-order valence-electron chi connectivity index (χ3n) is 3.40. The van der Waals surface area contributed by atoms with Gasteiger partial charge in [0.25, 0.3) is 0 Å². The third-order valence-corrected chi connectivity index (χ3v) is 3.40. The minimum absolute atomic E-state index is 0.926. The van der Waals surface area contributed by atoms with E-state index in [-0.39, 0.29) is 0 Å². The van der Waals surface area contributed by atoms with Gasteiger partial charge in [-0.15, -0.1) is 0 Å². The van der Waals surface area contributed by atoms with Gasteiger partial charge in [-0.3, -0.25) is 0 Å². The Morgan fingerprint density at radius 1 is 0.900 bits per heavy atom. The molecule has 0 N–H and O–H groups in total. The molecule has 0 saturated heterocycles. The molecule has 0 aromatic rings. The van der Waals surface area contributed by atoms with Crippen LogP contribution in [0.15, 0.2) is 11.1 Å². The highest BCUT2D eigenvalue weighted by molar-refractivity contribution is 5.32. The zero-order valence-electron chi connectivity index (χ0n) is 6.98. The number of allylic oxidation sites excluding steroid dienone is 2. The van der Waals surface area contributed by atoms with E-state index in [1.54, 1.807) is 0 Å². The second-order valence-electron chi connectivity index (χ2n) is 3.83. The molecule has 0 heteroatoms. The van der Waals surface area contributed by atoms with Gasteiger partial charge in [-0.05, 0) is 37.5 Å². The van der Waals surface area contributed by atoms with Gasteiger partial charge in [0.05, 0.1) is 0 Å². The molecule has 2 aliphatic rings. The Kier molecular flexibility index (Phi) is 1.36. The van der Waals surface area contributed by atoms with E-state index in [2.05, 4.69) is 13.8 Å². The molecule has 0 spiro atoms. The van der Waals surface area contributed by atoms with Crippen LogP contribution < -0.4 is 0 Å². The summed E-state index contributed by atoms with van der Waals surface area (Å²) in [4.78, 5) is 0. The minimum atomic E-state index is 0.926. The van der Waals surface area contributed by atoms with Gasteiger partial charge < -0.3 is 0 Å². The third kappa shape index (κ3) is 0.680. The highest BCUT2D eigenvalue weighted by Gasteiger charge is 2.33. The zero-order valence-corrected chi connectivity index (χ0v) is 6.98. The normalized spacial score (nSPS) is 39.0. The fourth-order valence-corrected chi connectivity index (χ4v) is 2.50. The molecule has 0 fully saturated rings. The van der Waals surface area contributed by atoms with Gasteiger partial charge in [0, 0.05) is 0 Å². The fraction of sp³-hybridized carbons (Fsp3) is 0.800. The molecule has 10 heavy (non-hydrogen) atoms. The fourth-order valence-electron chi connectivity index (χ4n) is 2.50. The zero-order chi connectivity index (χ0) is 7.14. The summed E-state index contributed by atoms with van der Waals surface area (Å²) in [6.45, 7) is 4.77. The SMILES string of the molecule is C[C@@H]1C2=C(CCCC2)[C@H]1C. The van der Waals surface area contributed by atoms with Gasteiger partial charge >= 0.3 is 0 Å². The summed E-state index contributed by atoms with van der Waals surface area (Å²) in [6, 6.07) is 0. The lowest BCUT2D eigenvalue weighted by Gasteiger charge is -2.41. The molecule has 2 atom stereocenters. The first-order chi connectivity index (χ1) is 4.80. The first-order valence-corrected chi connectivity index (χ1v) is 4.52. The van der Waals surface area contributed by atoms with Crippen LogP contribution in [0.1, 0.15) is 39.5 Å². The quantitative estimate of drug-likeness (QED) is 0.449. The van der Waals surface area contributed by atoms with Crippen molar-refractivity contribution in [2.45, 2.75) is 39.5 Å². The summed E-state index contributed by atoms with van der Waals surface area (Å²) < 4.78 is 0. The van der Waals surface area contributed by atoms with Crippen LogP contribution in [-0.2, 0) is 0 Å². The van der Waals surface area contributed by atoms with E-state index >= 15 is 0 Å². The molecule has 0 bridgehead atoms. The number of rotatable bonds is 0. The van der Waals surface area contributed by atoms with Crippen LogP contribution in [0.4, 0.5) is 0 Å². The Labute approximate surface area is 63.3 Å². The smallest absolute Gasteiger partial charge is 0.0166 e. The average Bonchev–Trinajstić information content (AvgIpc) is 2.03. The lowest BCUT2D eigenvalue weighted by Crippen LogP contribution is -2.28. The molecule has 56 valence electrons. The topological polar surface area (TPSA) is 0 Å². The molecule has 0 aliphatic heterocycles. The molecule has 0 saturated carbocycles. The van der Waals surface area contributed by atoms with Crippen LogP contribution in [0.3, 0.4) is 0 Å². The largest absolute Gasteiger partial charge is 0.0673 e. The van der Waals surface area contributed by atoms with Crippen molar-refractivity contribution in [2.75, 3.05) is 0 Å². The van der Waals surface area contributed by atoms with Gasteiger partial charge in [0.2, 0.25) is 0 Å². The van der Waals surface area contributed by atoms with Crippen molar-refractivity contribution >= 4 is 0 Å². The van der Waals surface area contributed by atoms with Gasteiger partial charge in [-0.25, -0.2) is 0 Å². The number of hydrogen-bond acceptors (Lipinski definition) is 0. The standard InChI is InChI=1S/C10H16/c1-7-8(2)10-6-4-3-5-9(7)10/h7-8H,3-6H2,1-2H3/t7-,8-/m0/s1. The molecule has 0 aromatic heterocycles. The Balaban J connectivity index is 2.21. The molecule has 0 unspecified atom stereocenters. The van der Waals surface area contributed by atoms with Crippen LogP contribution in [0.25, 0.3) is 0 Å². The second kappa shape index (κ2) is 2.11. The van der Waals surface area contributed by atoms with Crippen molar-refractivity contribution in [3.8, 4) is 0 Å². The predicted octanol–water partition coefficient (Wildman–Crippen LogP) is 3.14. The minimum Gasteiger partial charge on any atom is -0.0673 e. The van der Waals surface area contributed by atoms with Crippen LogP contribution >= 0.6 is 0 Å². The van der Waals surface area contributed by atoms with E-state index in [1.165, 1.54) is 25.7 Å². The van der Waals surface area contributed by atoms with E-state index in [4.69, 9.17) is 0 Å². The van der Waals surface area contributed by atoms with Gasteiger partial charge in [0.15, 0.2) is 0 Å².